The van der Waals surface area contributed by atoms with Gasteiger partial charge in [-0.15, -0.1) is 0 Å². The highest BCUT2D eigenvalue weighted by Crippen LogP contribution is 2.21. The number of aliphatic carboxylic acids is 4. The molecular formula is C22H39N5O13. The van der Waals surface area contributed by atoms with Gasteiger partial charge in [-0.3, -0.25) is 43.6 Å². The van der Waals surface area contributed by atoms with Gasteiger partial charge in [-0.05, 0) is 0 Å². The van der Waals surface area contributed by atoms with Gasteiger partial charge in [0.1, 0.15) is 12.2 Å². The van der Waals surface area contributed by atoms with Gasteiger partial charge in [0.2, 0.25) is 0 Å². The molecule has 2 heterocycles. The van der Waals surface area contributed by atoms with Crippen molar-refractivity contribution in [1.82, 2.24) is 25.1 Å². The number of rotatable bonds is 12. The normalized spacial score (nSPS) is 28.8. The van der Waals surface area contributed by atoms with Gasteiger partial charge in [0.05, 0.1) is 45.1 Å². The molecule has 2 rings (SSSR count). The van der Waals surface area contributed by atoms with E-state index in [1.54, 1.807) is 4.90 Å². The number of hydrogen-bond acceptors (Lipinski definition) is 14. The third kappa shape index (κ3) is 11.9. The predicted octanol–water partition coefficient (Wildman–Crippen LogP) is -4.78. The number of carboxylic acids is 4. The van der Waals surface area contributed by atoms with E-state index >= 15 is 0 Å². The van der Waals surface area contributed by atoms with Crippen molar-refractivity contribution in [3.63, 3.8) is 0 Å². The van der Waals surface area contributed by atoms with Gasteiger partial charge in [-0.2, -0.15) is 5.48 Å². The summed E-state index contributed by atoms with van der Waals surface area (Å²) in [4.78, 5) is 57.7. The molecule has 0 amide bonds. The Bertz CT molecular complexity index is 852. The molecule has 2 fully saturated rings. The minimum absolute atomic E-state index is 0.00652. The van der Waals surface area contributed by atoms with Crippen molar-refractivity contribution in [3.05, 3.63) is 0 Å². The number of aliphatic hydroxyl groups is 3. The Hall–Kier alpha value is -2.52. The Balaban J connectivity index is 2.31. The van der Waals surface area contributed by atoms with E-state index < -0.39 is 74.3 Å². The topological polar surface area (TPSA) is 253 Å². The second-order valence-corrected chi connectivity index (χ2v) is 9.66. The van der Waals surface area contributed by atoms with Crippen LogP contribution in [-0.4, -0.2) is 189 Å². The number of ether oxygens (including phenoxy) is 1. The zero-order valence-corrected chi connectivity index (χ0v) is 21.9. The summed E-state index contributed by atoms with van der Waals surface area (Å²) >= 11 is 0. The number of hydrogen-bond donors (Lipinski definition) is 8. The van der Waals surface area contributed by atoms with Crippen LogP contribution in [0.5, 0.6) is 0 Å². The van der Waals surface area contributed by atoms with E-state index in [0.717, 1.165) is 0 Å². The first-order chi connectivity index (χ1) is 18.9. The maximum Gasteiger partial charge on any atom is 0.317 e. The van der Waals surface area contributed by atoms with Crippen LogP contribution in [0.2, 0.25) is 0 Å². The number of hydroxylamine groups is 1. The fourth-order valence-electron chi connectivity index (χ4n) is 4.47. The molecule has 8 N–H and O–H groups in total. The zero-order valence-electron chi connectivity index (χ0n) is 21.9. The average Bonchev–Trinajstić information content (AvgIpc) is 2.85. The third-order valence-electron chi connectivity index (χ3n) is 6.51. The Kier molecular flexibility index (Phi) is 14.0. The molecule has 18 nitrogen and oxygen atoms in total. The van der Waals surface area contributed by atoms with Crippen molar-refractivity contribution in [2.75, 3.05) is 78.6 Å². The minimum Gasteiger partial charge on any atom is -0.480 e. The molecule has 0 bridgehead atoms. The monoisotopic (exact) mass is 581 g/mol. The minimum atomic E-state index is -1.35. The molecule has 0 aliphatic carbocycles. The highest BCUT2D eigenvalue weighted by atomic mass is 16.8. The van der Waals surface area contributed by atoms with E-state index in [0.29, 0.717) is 0 Å². The molecule has 2 saturated heterocycles. The molecule has 0 aromatic heterocycles. The van der Waals surface area contributed by atoms with Crippen molar-refractivity contribution in [1.29, 1.82) is 0 Å². The molecule has 230 valence electrons. The molecule has 0 spiro atoms. The SMILES string of the molecule is O=C(O)CN1CCN(CC(=O)O)CCN(CC(=O)O)C(NOC2C[C@@H](O)[C@H](O)[C@@H](CO)O2)CN(CC(=O)O)CC1. The van der Waals surface area contributed by atoms with Crippen LogP contribution in [0.25, 0.3) is 0 Å². The fourth-order valence-corrected chi connectivity index (χ4v) is 4.47. The Morgan fingerprint density at radius 3 is 1.73 bits per heavy atom. The Morgan fingerprint density at radius 2 is 1.23 bits per heavy atom. The van der Waals surface area contributed by atoms with Crippen LogP contribution in [0.3, 0.4) is 0 Å². The van der Waals surface area contributed by atoms with E-state index in [2.05, 4.69) is 5.48 Å². The van der Waals surface area contributed by atoms with Gasteiger partial charge >= 0.3 is 23.9 Å². The molecule has 40 heavy (non-hydrogen) atoms. The highest BCUT2D eigenvalue weighted by molar-refractivity contribution is 5.70. The summed E-state index contributed by atoms with van der Waals surface area (Å²) in [5, 5.41) is 67.1. The molecule has 18 heteroatoms. The zero-order chi connectivity index (χ0) is 29.8. The second kappa shape index (κ2) is 16.7. The van der Waals surface area contributed by atoms with E-state index in [1.807, 2.05) is 0 Å². The first kappa shape index (κ1) is 33.7. The largest absolute Gasteiger partial charge is 0.480 e. The molecule has 5 atom stereocenters. The first-order valence-electron chi connectivity index (χ1n) is 12.7. The van der Waals surface area contributed by atoms with Crippen LogP contribution in [0.1, 0.15) is 6.42 Å². The molecule has 0 aromatic rings. The lowest BCUT2D eigenvalue weighted by Crippen LogP contribution is -2.59. The van der Waals surface area contributed by atoms with Crippen molar-refractivity contribution in [2.24, 2.45) is 0 Å². The molecule has 2 aliphatic heterocycles. The summed E-state index contributed by atoms with van der Waals surface area (Å²) < 4.78 is 5.44. The van der Waals surface area contributed by atoms with Crippen LogP contribution < -0.4 is 5.48 Å². The smallest absolute Gasteiger partial charge is 0.317 e. The van der Waals surface area contributed by atoms with Gasteiger partial charge in [0, 0.05) is 52.2 Å². The van der Waals surface area contributed by atoms with Gasteiger partial charge in [-0.1, -0.05) is 0 Å². The quantitative estimate of drug-likeness (QED) is 0.101. The Morgan fingerprint density at radius 1 is 0.750 bits per heavy atom. The first-order valence-corrected chi connectivity index (χ1v) is 12.7. The molecular weight excluding hydrogens is 542 g/mol. The van der Waals surface area contributed by atoms with Crippen molar-refractivity contribution < 1.29 is 64.5 Å². The van der Waals surface area contributed by atoms with Gasteiger partial charge in [0.15, 0.2) is 6.29 Å². The van der Waals surface area contributed by atoms with Crippen LogP contribution in [0.4, 0.5) is 0 Å². The second-order valence-electron chi connectivity index (χ2n) is 9.66. The van der Waals surface area contributed by atoms with Crippen LogP contribution in [-0.2, 0) is 28.8 Å². The summed E-state index contributed by atoms with van der Waals surface area (Å²) in [6.45, 7) is -1.79. The molecule has 0 radical (unpaired) electrons. The van der Waals surface area contributed by atoms with Crippen molar-refractivity contribution >= 4 is 23.9 Å². The maximum atomic E-state index is 11.7. The lowest BCUT2D eigenvalue weighted by atomic mass is 10.0. The standard InChI is InChI=1S/C22H39N5O13/c28-13-15-22(38)14(29)7-21(39-15)40-23-16-8-26(11-19(34)35)4-3-24(9-17(30)31)1-2-25(10-18(32)33)5-6-27(16)12-20(36)37/h14-16,21-23,28-29,38H,1-13H2,(H,30,31)(H,32,33)(H,34,35)(H,36,37)/t14-,15-,16?,21?,22+/m1/s1. The van der Waals surface area contributed by atoms with Crippen LogP contribution >= 0.6 is 0 Å². The lowest BCUT2D eigenvalue weighted by molar-refractivity contribution is -0.282. The summed E-state index contributed by atoms with van der Waals surface area (Å²) in [5.74, 6) is -4.62. The number of aliphatic hydroxyl groups excluding tert-OH is 3. The highest BCUT2D eigenvalue weighted by Gasteiger charge is 2.38. The van der Waals surface area contributed by atoms with Crippen LogP contribution in [0.15, 0.2) is 0 Å². The number of carbonyl (C=O) groups is 4. The molecule has 2 unspecified atom stereocenters. The molecule has 2 aliphatic rings. The van der Waals surface area contributed by atoms with E-state index in [-0.39, 0.29) is 65.3 Å². The predicted molar refractivity (Wildman–Crippen MR) is 132 cm³/mol. The summed E-state index contributed by atoms with van der Waals surface area (Å²) in [6.07, 6.45) is -6.12. The average molecular weight is 582 g/mol. The van der Waals surface area contributed by atoms with Gasteiger partial charge < -0.3 is 40.5 Å². The van der Waals surface area contributed by atoms with Crippen molar-refractivity contribution in [3.8, 4) is 0 Å². The van der Waals surface area contributed by atoms with Crippen molar-refractivity contribution in [2.45, 2.75) is 37.2 Å². The van der Waals surface area contributed by atoms with Crippen LogP contribution in [0, 0.1) is 0 Å². The number of carboxylic acid groups (broad SMARTS) is 4. The third-order valence-corrected chi connectivity index (χ3v) is 6.51. The molecule has 0 saturated carbocycles. The fraction of sp³-hybridized carbons (Fsp3) is 0.818. The van der Waals surface area contributed by atoms with E-state index in [9.17, 15) is 54.9 Å². The summed E-state index contributed by atoms with van der Waals surface area (Å²) in [5.41, 5.74) is 2.67. The van der Waals surface area contributed by atoms with E-state index in [1.165, 1.54) is 14.7 Å². The number of nitrogens with one attached hydrogen (secondary N) is 1. The lowest BCUT2D eigenvalue weighted by Gasteiger charge is -2.39. The summed E-state index contributed by atoms with van der Waals surface area (Å²) in [6, 6.07) is 0. The van der Waals surface area contributed by atoms with E-state index in [4.69, 9.17) is 9.57 Å². The Labute approximate surface area is 229 Å². The molecule has 0 aromatic carbocycles. The summed E-state index contributed by atoms with van der Waals surface area (Å²) in [7, 11) is 0. The van der Waals surface area contributed by atoms with Gasteiger partial charge in [0.25, 0.3) is 0 Å². The van der Waals surface area contributed by atoms with Gasteiger partial charge in [-0.25, -0.2) is 0 Å². The number of nitrogens with zero attached hydrogens (tertiary/aromatic N) is 4. The maximum absolute atomic E-state index is 11.7.